The van der Waals surface area contributed by atoms with E-state index in [2.05, 4.69) is 6.58 Å². The van der Waals surface area contributed by atoms with Gasteiger partial charge >= 0.3 is 11.9 Å². The molecule has 0 fully saturated rings. The monoisotopic (exact) mass is 434 g/mol. The molecule has 172 valence electrons. The number of allylic oxidation sites excluding steroid dienone is 2. The van der Waals surface area contributed by atoms with Crippen LogP contribution >= 0.6 is 0 Å². The molecule has 0 aromatic carbocycles. The van der Waals surface area contributed by atoms with Crippen LogP contribution in [0, 0.1) is 11.8 Å². The maximum atomic E-state index is 12.0. The minimum atomic E-state index is -1.14. The lowest BCUT2D eigenvalue weighted by atomic mass is 9.74. The van der Waals surface area contributed by atoms with Crippen LogP contribution in [0.4, 0.5) is 0 Å². The van der Waals surface area contributed by atoms with Crippen molar-refractivity contribution in [3.05, 3.63) is 47.3 Å². The molecule has 6 atom stereocenters. The molecule has 0 bridgehead atoms. The highest BCUT2D eigenvalue weighted by atomic mass is 16.6. The standard InChI is InChI=1S/C24H34O7/c1-13(2)9-21(30-16(5)25)23(31-17(6)26)20-12-29-24(28)22-15(4)11-18(27)10-14(3)7-8-19(20)22/h9-10,12,18-19,21-24,27-28H,4,7-8,11H2,1-3,5-6H3. The molecular formula is C24H34O7. The topological polar surface area (TPSA) is 102 Å². The molecule has 0 aromatic rings. The molecular weight excluding hydrogens is 400 g/mol. The highest BCUT2D eigenvalue weighted by Gasteiger charge is 2.43. The van der Waals surface area contributed by atoms with E-state index in [0.29, 0.717) is 24.0 Å². The maximum absolute atomic E-state index is 12.0. The molecule has 0 amide bonds. The fourth-order valence-corrected chi connectivity index (χ4v) is 4.30. The van der Waals surface area contributed by atoms with Gasteiger partial charge < -0.3 is 24.4 Å². The zero-order chi connectivity index (χ0) is 23.3. The lowest BCUT2D eigenvalue weighted by molar-refractivity contribution is -0.162. The van der Waals surface area contributed by atoms with Crippen molar-refractivity contribution in [3.63, 3.8) is 0 Å². The molecule has 1 aliphatic heterocycles. The van der Waals surface area contributed by atoms with E-state index >= 15 is 0 Å². The highest BCUT2D eigenvalue weighted by molar-refractivity contribution is 5.68. The molecule has 6 unspecified atom stereocenters. The summed E-state index contributed by atoms with van der Waals surface area (Å²) in [5, 5.41) is 20.9. The summed E-state index contributed by atoms with van der Waals surface area (Å²) in [4.78, 5) is 23.8. The van der Waals surface area contributed by atoms with E-state index in [0.717, 1.165) is 11.1 Å². The average molecular weight is 435 g/mol. The summed E-state index contributed by atoms with van der Waals surface area (Å²) in [5.41, 5.74) is 3.17. The number of hydrogen-bond acceptors (Lipinski definition) is 7. The number of aliphatic hydroxyl groups excluding tert-OH is 2. The van der Waals surface area contributed by atoms with Crippen molar-refractivity contribution in [2.45, 2.75) is 78.5 Å². The SMILES string of the molecule is C=C1CC(O)C=C(C)CCC2C(C(OC(C)=O)C(C=C(C)C)OC(C)=O)=COC(O)C12. The Hall–Kier alpha value is -2.38. The third-order valence-electron chi connectivity index (χ3n) is 5.50. The summed E-state index contributed by atoms with van der Waals surface area (Å²) in [6.07, 6.45) is 2.91. The Morgan fingerprint density at radius 3 is 2.42 bits per heavy atom. The number of carbonyl (C=O) groups is 2. The molecule has 0 spiro atoms. The minimum Gasteiger partial charge on any atom is -0.472 e. The van der Waals surface area contributed by atoms with Gasteiger partial charge in [-0.15, -0.1) is 0 Å². The number of rotatable bonds is 5. The maximum Gasteiger partial charge on any atom is 0.303 e. The summed E-state index contributed by atoms with van der Waals surface area (Å²) in [6, 6.07) is 0. The van der Waals surface area contributed by atoms with Crippen LogP contribution in [0.3, 0.4) is 0 Å². The third kappa shape index (κ3) is 6.80. The molecule has 1 heterocycles. The predicted molar refractivity (Wildman–Crippen MR) is 115 cm³/mol. The van der Waals surface area contributed by atoms with E-state index in [1.54, 1.807) is 12.2 Å². The number of aliphatic hydroxyl groups is 2. The molecule has 2 aliphatic rings. The molecule has 1 aliphatic carbocycles. The van der Waals surface area contributed by atoms with Crippen LogP contribution in [0.2, 0.25) is 0 Å². The molecule has 0 saturated carbocycles. The van der Waals surface area contributed by atoms with Gasteiger partial charge in [0.1, 0.15) is 0 Å². The Morgan fingerprint density at radius 1 is 1.19 bits per heavy atom. The first kappa shape index (κ1) is 24.9. The quantitative estimate of drug-likeness (QED) is 0.505. The lowest BCUT2D eigenvalue weighted by Gasteiger charge is -2.40. The molecule has 0 aromatic heterocycles. The van der Waals surface area contributed by atoms with Crippen molar-refractivity contribution in [1.82, 2.24) is 0 Å². The van der Waals surface area contributed by atoms with Crippen molar-refractivity contribution in [1.29, 1.82) is 0 Å². The molecule has 7 nitrogen and oxygen atoms in total. The van der Waals surface area contributed by atoms with Gasteiger partial charge in [0, 0.05) is 25.3 Å². The molecule has 2 N–H and O–H groups in total. The number of hydrogen-bond donors (Lipinski definition) is 2. The number of esters is 2. The van der Waals surface area contributed by atoms with E-state index in [-0.39, 0.29) is 12.3 Å². The highest BCUT2D eigenvalue weighted by Crippen LogP contribution is 2.43. The van der Waals surface area contributed by atoms with Gasteiger partial charge in [0.15, 0.2) is 12.2 Å². The second-order valence-corrected chi connectivity index (χ2v) is 8.61. The Kier molecular flexibility index (Phi) is 8.65. The molecule has 0 radical (unpaired) electrons. The van der Waals surface area contributed by atoms with Crippen molar-refractivity contribution in [2.24, 2.45) is 11.8 Å². The largest absolute Gasteiger partial charge is 0.472 e. The fraction of sp³-hybridized carbons (Fsp3) is 0.583. The van der Waals surface area contributed by atoms with Gasteiger partial charge in [-0.05, 0) is 52.0 Å². The summed E-state index contributed by atoms with van der Waals surface area (Å²) >= 11 is 0. The van der Waals surface area contributed by atoms with Crippen LogP contribution in [0.1, 0.15) is 53.9 Å². The zero-order valence-corrected chi connectivity index (χ0v) is 19.0. The van der Waals surface area contributed by atoms with Gasteiger partial charge in [-0.1, -0.05) is 29.4 Å². The number of carbonyl (C=O) groups excluding carboxylic acids is 2. The van der Waals surface area contributed by atoms with Gasteiger partial charge in [-0.2, -0.15) is 0 Å². The minimum absolute atomic E-state index is 0.280. The van der Waals surface area contributed by atoms with E-state index < -0.39 is 42.5 Å². The van der Waals surface area contributed by atoms with Crippen molar-refractivity contribution >= 4 is 11.9 Å². The van der Waals surface area contributed by atoms with Crippen LogP contribution in [0.5, 0.6) is 0 Å². The first-order chi connectivity index (χ1) is 14.5. The first-order valence-electron chi connectivity index (χ1n) is 10.6. The van der Waals surface area contributed by atoms with E-state index in [1.807, 2.05) is 20.8 Å². The third-order valence-corrected chi connectivity index (χ3v) is 5.50. The van der Waals surface area contributed by atoms with Crippen molar-refractivity contribution in [2.75, 3.05) is 0 Å². The van der Waals surface area contributed by atoms with Crippen molar-refractivity contribution in [3.8, 4) is 0 Å². The number of ether oxygens (including phenoxy) is 3. The van der Waals surface area contributed by atoms with E-state index in [9.17, 15) is 19.8 Å². The van der Waals surface area contributed by atoms with Crippen LogP contribution < -0.4 is 0 Å². The Labute approximate surface area is 184 Å². The average Bonchev–Trinajstić information content (AvgIpc) is 2.67. The molecule has 0 saturated heterocycles. The van der Waals surface area contributed by atoms with Crippen molar-refractivity contribution < 1.29 is 34.0 Å². The van der Waals surface area contributed by atoms with Crippen LogP contribution in [-0.2, 0) is 23.8 Å². The summed E-state index contributed by atoms with van der Waals surface area (Å²) < 4.78 is 16.7. The van der Waals surface area contributed by atoms with Gasteiger partial charge in [0.05, 0.1) is 12.4 Å². The summed E-state index contributed by atoms with van der Waals surface area (Å²) in [6.45, 7) is 12.4. The lowest BCUT2D eigenvalue weighted by Crippen LogP contribution is -2.44. The second-order valence-electron chi connectivity index (χ2n) is 8.61. The first-order valence-corrected chi connectivity index (χ1v) is 10.6. The fourth-order valence-electron chi connectivity index (χ4n) is 4.30. The van der Waals surface area contributed by atoms with E-state index in [1.165, 1.54) is 20.1 Å². The van der Waals surface area contributed by atoms with E-state index in [4.69, 9.17) is 14.2 Å². The molecule has 7 heteroatoms. The van der Waals surface area contributed by atoms with Crippen LogP contribution in [-0.4, -0.2) is 46.8 Å². The van der Waals surface area contributed by atoms with Crippen LogP contribution in [0.15, 0.2) is 47.3 Å². The van der Waals surface area contributed by atoms with Gasteiger partial charge in [0.2, 0.25) is 6.29 Å². The Balaban J connectivity index is 2.54. The smallest absolute Gasteiger partial charge is 0.303 e. The van der Waals surface area contributed by atoms with Crippen LogP contribution in [0.25, 0.3) is 0 Å². The zero-order valence-electron chi connectivity index (χ0n) is 19.0. The van der Waals surface area contributed by atoms with Gasteiger partial charge in [-0.25, -0.2) is 0 Å². The summed E-state index contributed by atoms with van der Waals surface area (Å²) in [7, 11) is 0. The Bertz CT molecular complexity index is 788. The normalized spacial score (nSPS) is 28.2. The molecule has 31 heavy (non-hydrogen) atoms. The number of fused-ring (bicyclic) bond motifs is 1. The van der Waals surface area contributed by atoms with Gasteiger partial charge in [0.25, 0.3) is 0 Å². The Morgan fingerprint density at radius 2 is 1.84 bits per heavy atom. The second kappa shape index (κ2) is 10.8. The predicted octanol–water partition coefficient (Wildman–Crippen LogP) is 3.33. The molecule has 2 rings (SSSR count). The summed E-state index contributed by atoms with van der Waals surface area (Å²) in [5.74, 6) is -1.81. The van der Waals surface area contributed by atoms with Gasteiger partial charge in [-0.3, -0.25) is 9.59 Å².